The van der Waals surface area contributed by atoms with Gasteiger partial charge in [0.15, 0.2) is 0 Å². The first-order chi connectivity index (χ1) is 14.0. The molecule has 0 fully saturated rings. The zero-order valence-corrected chi connectivity index (χ0v) is 16.3. The molecule has 0 radical (unpaired) electrons. The minimum absolute atomic E-state index is 0.172. The van der Waals surface area contributed by atoms with Crippen LogP contribution in [0.25, 0.3) is 5.82 Å². The number of benzene rings is 1. The fraction of sp³-hybridized carbons (Fsp3) is 0.150. The molecule has 3 heterocycles. The Balaban J connectivity index is 1.46. The molecule has 0 saturated carbocycles. The number of imidazole rings is 1. The summed E-state index contributed by atoms with van der Waals surface area (Å²) in [4.78, 5) is 25.1. The van der Waals surface area contributed by atoms with Crippen molar-refractivity contribution >= 4 is 23.1 Å². The largest absolute Gasteiger partial charge is 0.340 e. The van der Waals surface area contributed by atoms with Gasteiger partial charge in [-0.3, -0.25) is 14.0 Å². The van der Waals surface area contributed by atoms with Crippen molar-refractivity contribution in [2.24, 2.45) is 7.05 Å². The number of nitrogens with zero attached hydrogens (tertiary/aromatic N) is 6. The first-order valence-electron chi connectivity index (χ1n) is 9.00. The Kier molecular flexibility index (Phi) is 4.78. The molecule has 146 valence electrons. The molecule has 4 aromatic rings. The van der Waals surface area contributed by atoms with Crippen LogP contribution in [0.3, 0.4) is 0 Å². The number of amides is 1. The van der Waals surface area contributed by atoms with Gasteiger partial charge in [0, 0.05) is 42.6 Å². The zero-order chi connectivity index (χ0) is 20.4. The van der Waals surface area contributed by atoms with Crippen LogP contribution in [0.1, 0.15) is 21.7 Å². The lowest BCUT2D eigenvalue weighted by atomic mass is 10.1. The molecule has 0 atom stereocenters. The van der Waals surface area contributed by atoms with Crippen molar-refractivity contribution < 1.29 is 4.79 Å². The highest BCUT2D eigenvalue weighted by atomic mass is 16.1. The van der Waals surface area contributed by atoms with E-state index in [1.807, 2.05) is 57.4 Å². The molecule has 0 unspecified atom stereocenters. The molecule has 3 aromatic heterocycles. The number of aromatic nitrogens is 6. The van der Waals surface area contributed by atoms with Crippen LogP contribution in [-0.2, 0) is 7.05 Å². The summed E-state index contributed by atoms with van der Waals surface area (Å²) in [5.41, 5.74) is 3.67. The normalized spacial score (nSPS) is 10.7. The van der Waals surface area contributed by atoms with Crippen molar-refractivity contribution in [1.82, 2.24) is 29.3 Å². The topological polar surface area (TPSA) is 103 Å². The average Bonchev–Trinajstić information content (AvgIpc) is 3.32. The molecule has 0 spiro atoms. The lowest BCUT2D eigenvalue weighted by Gasteiger charge is -2.09. The molecular formula is C20H20N8O. The van der Waals surface area contributed by atoms with E-state index < -0.39 is 0 Å². The third kappa shape index (κ3) is 3.84. The number of anilines is 3. The SMILES string of the molecule is Cc1nn(C)c(C)c1C(=O)Nc1ccc(Nc2cc(-n3ccnc3)ncn2)cc1. The lowest BCUT2D eigenvalue weighted by Crippen LogP contribution is -2.14. The van der Waals surface area contributed by atoms with Crippen molar-refractivity contribution in [2.45, 2.75) is 13.8 Å². The molecule has 0 bridgehead atoms. The van der Waals surface area contributed by atoms with Crippen LogP contribution in [0.15, 0.2) is 55.4 Å². The molecule has 0 aliphatic rings. The van der Waals surface area contributed by atoms with E-state index in [1.165, 1.54) is 6.33 Å². The fourth-order valence-corrected chi connectivity index (χ4v) is 3.03. The summed E-state index contributed by atoms with van der Waals surface area (Å²) in [5, 5.41) is 10.4. The minimum atomic E-state index is -0.172. The minimum Gasteiger partial charge on any atom is -0.340 e. The average molecular weight is 388 g/mol. The van der Waals surface area contributed by atoms with Crippen LogP contribution in [0.5, 0.6) is 0 Å². The number of nitrogens with one attached hydrogen (secondary N) is 2. The summed E-state index contributed by atoms with van der Waals surface area (Å²) in [5.74, 6) is 1.20. The van der Waals surface area contributed by atoms with Gasteiger partial charge in [0.1, 0.15) is 24.3 Å². The predicted octanol–water partition coefficient (Wildman–Crippen LogP) is 3.01. The van der Waals surface area contributed by atoms with Crippen LogP contribution >= 0.6 is 0 Å². The van der Waals surface area contributed by atoms with E-state index in [9.17, 15) is 4.79 Å². The molecule has 4 rings (SSSR count). The van der Waals surface area contributed by atoms with E-state index in [0.29, 0.717) is 28.6 Å². The Bertz CT molecular complexity index is 1150. The first kappa shape index (κ1) is 18.4. The molecule has 0 saturated heterocycles. The Morgan fingerprint density at radius 2 is 1.83 bits per heavy atom. The zero-order valence-electron chi connectivity index (χ0n) is 16.3. The van der Waals surface area contributed by atoms with E-state index in [0.717, 1.165) is 11.4 Å². The summed E-state index contributed by atoms with van der Waals surface area (Å²) >= 11 is 0. The lowest BCUT2D eigenvalue weighted by molar-refractivity contribution is 0.102. The Morgan fingerprint density at radius 3 is 2.48 bits per heavy atom. The Labute approximate surface area is 167 Å². The van der Waals surface area contributed by atoms with Gasteiger partial charge in [0.2, 0.25) is 0 Å². The van der Waals surface area contributed by atoms with Gasteiger partial charge < -0.3 is 10.6 Å². The van der Waals surface area contributed by atoms with Crippen LogP contribution in [0, 0.1) is 13.8 Å². The van der Waals surface area contributed by atoms with Gasteiger partial charge in [0.25, 0.3) is 5.91 Å². The molecule has 9 heteroatoms. The van der Waals surface area contributed by atoms with Crippen molar-refractivity contribution in [3.05, 3.63) is 72.3 Å². The van der Waals surface area contributed by atoms with Crippen molar-refractivity contribution in [2.75, 3.05) is 10.6 Å². The van der Waals surface area contributed by atoms with Gasteiger partial charge in [-0.1, -0.05) is 0 Å². The summed E-state index contributed by atoms with van der Waals surface area (Å²) in [6, 6.07) is 9.24. The second kappa shape index (κ2) is 7.55. The van der Waals surface area contributed by atoms with Gasteiger partial charge in [-0.05, 0) is 38.1 Å². The number of hydrogen-bond donors (Lipinski definition) is 2. The third-order valence-corrected chi connectivity index (χ3v) is 4.57. The second-order valence-electron chi connectivity index (χ2n) is 6.56. The molecule has 0 aliphatic heterocycles. The standard InChI is InChI=1S/C20H20N8O/c1-13-19(14(2)27(3)26-13)20(29)25-16-6-4-15(5-7-16)24-17-10-18(23-11-22-17)28-9-8-21-12-28/h4-12H,1-3H3,(H,25,29)(H,22,23,24). The van der Waals surface area contributed by atoms with Gasteiger partial charge >= 0.3 is 0 Å². The summed E-state index contributed by atoms with van der Waals surface area (Å²) < 4.78 is 3.50. The molecule has 9 nitrogen and oxygen atoms in total. The number of aryl methyl sites for hydroxylation is 2. The molecule has 1 amide bonds. The Hall–Kier alpha value is -4.01. The number of rotatable bonds is 5. The van der Waals surface area contributed by atoms with Crippen LogP contribution in [-0.4, -0.2) is 35.2 Å². The summed E-state index contributed by atoms with van der Waals surface area (Å²) in [6.07, 6.45) is 6.67. The van der Waals surface area contributed by atoms with Gasteiger partial charge in [-0.15, -0.1) is 0 Å². The fourth-order valence-electron chi connectivity index (χ4n) is 3.03. The highest BCUT2D eigenvalue weighted by Crippen LogP contribution is 2.20. The maximum atomic E-state index is 12.6. The number of carbonyl (C=O) groups excluding carboxylic acids is 1. The van der Waals surface area contributed by atoms with E-state index in [1.54, 1.807) is 21.8 Å². The third-order valence-electron chi connectivity index (χ3n) is 4.57. The predicted molar refractivity (Wildman–Crippen MR) is 110 cm³/mol. The van der Waals surface area contributed by atoms with E-state index in [4.69, 9.17) is 0 Å². The van der Waals surface area contributed by atoms with E-state index >= 15 is 0 Å². The van der Waals surface area contributed by atoms with Crippen LogP contribution in [0.2, 0.25) is 0 Å². The van der Waals surface area contributed by atoms with Crippen molar-refractivity contribution in [3.63, 3.8) is 0 Å². The number of hydrogen-bond acceptors (Lipinski definition) is 6. The second-order valence-corrected chi connectivity index (χ2v) is 6.56. The molecular weight excluding hydrogens is 368 g/mol. The van der Waals surface area contributed by atoms with Crippen LogP contribution in [0.4, 0.5) is 17.2 Å². The Morgan fingerprint density at radius 1 is 1.07 bits per heavy atom. The van der Waals surface area contributed by atoms with Gasteiger partial charge in [-0.2, -0.15) is 5.10 Å². The molecule has 0 aliphatic carbocycles. The van der Waals surface area contributed by atoms with E-state index in [-0.39, 0.29) is 5.91 Å². The van der Waals surface area contributed by atoms with Gasteiger partial charge in [0.05, 0.1) is 11.3 Å². The van der Waals surface area contributed by atoms with Gasteiger partial charge in [-0.25, -0.2) is 15.0 Å². The van der Waals surface area contributed by atoms with E-state index in [2.05, 4.69) is 30.7 Å². The van der Waals surface area contributed by atoms with Crippen molar-refractivity contribution in [3.8, 4) is 5.82 Å². The maximum absolute atomic E-state index is 12.6. The smallest absolute Gasteiger partial charge is 0.259 e. The first-order valence-corrected chi connectivity index (χ1v) is 9.00. The molecule has 1 aromatic carbocycles. The highest BCUT2D eigenvalue weighted by Gasteiger charge is 2.17. The maximum Gasteiger partial charge on any atom is 0.259 e. The highest BCUT2D eigenvalue weighted by molar-refractivity contribution is 6.05. The summed E-state index contributed by atoms with van der Waals surface area (Å²) in [6.45, 7) is 3.70. The number of carbonyl (C=O) groups is 1. The summed E-state index contributed by atoms with van der Waals surface area (Å²) in [7, 11) is 1.82. The van der Waals surface area contributed by atoms with Crippen LogP contribution < -0.4 is 10.6 Å². The molecule has 29 heavy (non-hydrogen) atoms. The molecule has 2 N–H and O–H groups in total. The quantitative estimate of drug-likeness (QED) is 0.545. The van der Waals surface area contributed by atoms with Crippen molar-refractivity contribution in [1.29, 1.82) is 0 Å². The monoisotopic (exact) mass is 388 g/mol.